The normalized spacial score (nSPS) is 16.5. The van der Waals surface area contributed by atoms with Crippen molar-refractivity contribution in [1.82, 2.24) is 15.2 Å². The summed E-state index contributed by atoms with van der Waals surface area (Å²) in [6.07, 6.45) is 0.844. The van der Waals surface area contributed by atoms with Crippen molar-refractivity contribution in [3.8, 4) is 0 Å². The van der Waals surface area contributed by atoms with Crippen LogP contribution < -0.4 is 5.32 Å². The second-order valence-electron chi connectivity index (χ2n) is 6.79. The van der Waals surface area contributed by atoms with E-state index in [-0.39, 0.29) is 17.7 Å². The van der Waals surface area contributed by atoms with Crippen LogP contribution in [-0.2, 0) is 0 Å². The Hall–Kier alpha value is -3.21. The van der Waals surface area contributed by atoms with Gasteiger partial charge in [0.1, 0.15) is 0 Å². The highest BCUT2D eigenvalue weighted by Crippen LogP contribution is 2.30. The van der Waals surface area contributed by atoms with Gasteiger partial charge in [-0.05, 0) is 30.7 Å². The fourth-order valence-corrected chi connectivity index (χ4v) is 3.68. The van der Waals surface area contributed by atoms with Crippen LogP contribution in [0.3, 0.4) is 0 Å². The van der Waals surface area contributed by atoms with Crippen molar-refractivity contribution in [1.29, 1.82) is 0 Å². The highest BCUT2D eigenvalue weighted by Gasteiger charge is 2.29. The molecule has 2 heterocycles. The van der Waals surface area contributed by atoms with Crippen LogP contribution in [0.15, 0.2) is 60.7 Å². The molecule has 2 aromatic carbocycles. The molecule has 1 saturated heterocycles. The first kappa shape index (κ1) is 17.2. The predicted octanol–water partition coefficient (Wildman–Crippen LogP) is 3.22. The van der Waals surface area contributed by atoms with Crippen molar-refractivity contribution in [2.24, 2.45) is 0 Å². The maximum Gasteiger partial charge on any atom is 0.253 e. The second kappa shape index (κ2) is 7.19. The standard InChI is InChI=1S/C22H21N3O2/c1-23-21(26)18-13-20(24-19-10-6-5-9-17(18)19)16-11-12-25(14-16)22(27)15-7-3-2-4-8-15/h2-10,13,16H,11-12,14H2,1H3,(H,23,26). The number of likely N-dealkylation sites (tertiary alicyclic amines) is 1. The van der Waals surface area contributed by atoms with Gasteiger partial charge in [0, 0.05) is 42.7 Å². The van der Waals surface area contributed by atoms with E-state index in [1.54, 1.807) is 7.05 Å². The fraction of sp³-hybridized carbons (Fsp3) is 0.227. The summed E-state index contributed by atoms with van der Waals surface area (Å²) in [4.78, 5) is 31.7. The molecule has 0 radical (unpaired) electrons. The Labute approximate surface area is 158 Å². The first-order chi connectivity index (χ1) is 13.2. The lowest BCUT2D eigenvalue weighted by Crippen LogP contribution is -2.28. The largest absolute Gasteiger partial charge is 0.355 e. The predicted molar refractivity (Wildman–Crippen MR) is 105 cm³/mol. The molecule has 0 saturated carbocycles. The minimum Gasteiger partial charge on any atom is -0.355 e. The van der Waals surface area contributed by atoms with Crippen molar-refractivity contribution in [3.05, 3.63) is 77.5 Å². The molecular weight excluding hydrogens is 338 g/mol. The van der Waals surface area contributed by atoms with Crippen LogP contribution >= 0.6 is 0 Å². The average molecular weight is 359 g/mol. The number of pyridine rings is 1. The third-order valence-electron chi connectivity index (χ3n) is 5.12. The summed E-state index contributed by atoms with van der Waals surface area (Å²) < 4.78 is 0. The maximum absolute atomic E-state index is 12.7. The Morgan fingerprint density at radius 2 is 1.81 bits per heavy atom. The molecule has 1 aromatic heterocycles. The Morgan fingerprint density at radius 3 is 2.59 bits per heavy atom. The van der Waals surface area contributed by atoms with Crippen molar-refractivity contribution in [2.45, 2.75) is 12.3 Å². The van der Waals surface area contributed by atoms with Gasteiger partial charge in [0.25, 0.3) is 11.8 Å². The van der Waals surface area contributed by atoms with E-state index in [4.69, 9.17) is 4.98 Å². The molecule has 2 amide bonds. The molecule has 1 aliphatic rings. The number of nitrogens with zero attached hydrogens (tertiary/aromatic N) is 2. The number of carbonyl (C=O) groups excluding carboxylic acids is 2. The number of amides is 2. The zero-order chi connectivity index (χ0) is 18.8. The van der Waals surface area contributed by atoms with Crippen molar-refractivity contribution >= 4 is 22.7 Å². The lowest BCUT2D eigenvalue weighted by Gasteiger charge is -2.17. The monoisotopic (exact) mass is 359 g/mol. The van der Waals surface area contributed by atoms with Crippen molar-refractivity contribution in [3.63, 3.8) is 0 Å². The summed E-state index contributed by atoms with van der Waals surface area (Å²) in [6.45, 7) is 1.31. The van der Waals surface area contributed by atoms with Crippen molar-refractivity contribution < 1.29 is 9.59 Å². The van der Waals surface area contributed by atoms with Gasteiger partial charge >= 0.3 is 0 Å². The zero-order valence-electron chi connectivity index (χ0n) is 15.2. The average Bonchev–Trinajstić information content (AvgIpc) is 3.22. The molecule has 1 N–H and O–H groups in total. The quantitative estimate of drug-likeness (QED) is 0.781. The molecule has 27 heavy (non-hydrogen) atoms. The van der Waals surface area contributed by atoms with Gasteiger partial charge in [0.05, 0.1) is 11.1 Å². The van der Waals surface area contributed by atoms with E-state index in [2.05, 4.69) is 5.32 Å². The number of hydrogen-bond donors (Lipinski definition) is 1. The van der Waals surface area contributed by atoms with E-state index in [0.717, 1.165) is 23.0 Å². The molecule has 1 fully saturated rings. The summed E-state index contributed by atoms with van der Waals surface area (Å²) in [5.41, 5.74) is 3.01. The Morgan fingerprint density at radius 1 is 1.07 bits per heavy atom. The third-order valence-corrected chi connectivity index (χ3v) is 5.12. The van der Waals surface area contributed by atoms with Gasteiger partial charge in [0.2, 0.25) is 0 Å². The number of para-hydroxylation sites is 1. The van der Waals surface area contributed by atoms with Crippen molar-refractivity contribution in [2.75, 3.05) is 20.1 Å². The first-order valence-corrected chi connectivity index (χ1v) is 9.13. The van der Waals surface area contributed by atoms with E-state index in [1.165, 1.54) is 0 Å². The molecule has 5 heteroatoms. The number of carbonyl (C=O) groups is 2. The van der Waals surface area contributed by atoms with Gasteiger partial charge in [-0.15, -0.1) is 0 Å². The molecule has 1 unspecified atom stereocenters. The number of benzene rings is 2. The molecule has 0 bridgehead atoms. The summed E-state index contributed by atoms with van der Waals surface area (Å²) in [5.74, 6) is 0.0566. The van der Waals surface area contributed by atoms with Gasteiger partial charge in [-0.3, -0.25) is 14.6 Å². The Bertz CT molecular complexity index is 1000. The summed E-state index contributed by atoms with van der Waals surface area (Å²) in [5, 5.41) is 3.55. The van der Waals surface area contributed by atoms with E-state index >= 15 is 0 Å². The Kier molecular flexibility index (Phi) is 4.59. The van der Waals surface area contributed by atoms with Gasteiger partial charge in [0.15, 0.2) is 0 Å². The lowest BCUT2D eigenvalue weighted by molar-refractivity contribution is 0.0790. The minimum atomic E-state index is -0.120. The molecule has 5 nitrogen and oxygen atoms in total. The van der Waals surface area contributed by atoms with Crippen LogP contribution in [0, 0.1) is 0 Å². The smallest absolute Gasteiger partial charge is 0.253 e. The van der Waals surface area contributed by atoms with Crippen LogP contribution in [0.1, 0.15) is 38.7 Å². The second-order valence-corrected chi connectivity index (χ2v) is 6.79. The third kappa shape index (κ3) is 3.28. The highest BCUT2D eigenvalue weighted by molar-refractivity contribution is 6.06. The van der Waals surface area contributed by atoms with E-state index < -0.39 is 0 Å². The number of fused-ring (bicyclic) bond motifs is 1. The topological polar surface area (TPSA) is 62.3 Å². The van der Waals surface area contributed by atoms with Crippen LogP contribution in [0.5, 0.6) is 0 Å². The molecule has 136 valence electrons. The minimum absolute atomic E-state index is 0.0467. The highest BCUT2D eigenvalue weighted by atomic mass is 16.2. The van der Waals surface area contributed by atoms with Gasteiger partial charge in [-0.2, -0.15) is 0 Å². The van der Waals surface area contributed by atoms with Gasteiger partial charge in [-0.25, -0.2) is 0 Å². The van der Waals surface area contributed by atoms with Crippen LogP contribution in [0.4, 0.5) is 0 Å². The van der Waals surface area contributed by atoms with Gasteiger partial charge < -0.3 is 10.2 Å². The Balaban J connectivity index is 1.63. The molecular formula is C22H21N3O2. The molecule has 3 aromatic rings. The first-order valence-electron chi connectivity index (χ1n) is 9.13. The van der Waals surface area contributed by atoms with Crippen LogP contribution in [-0.4, -0.2) is 41.8 Å². The number of aromatic nitrogens is 1. The maximum atomic E-state index is 12.7. The summed E-state index contributed by atoms with van der Waals surface area (Å²) >= 11 is 0. The van der Waals surface area contributed by atoms with Gasteiger partial charge in [-0.1, -0.05) is 36.4 Å². The van der Waals surface area contributed by atoms with E-state index in [1.807, 2.05) is 65.6 Å². The van der Waals surface area contributed by atoms with E-state index in [0.29, 0.717) is 24.2 Å². The SMILES string of the molecule is CNC(=O)c1cc(C2CCN(C(=O)c3ccccc3)C2)nc2ccccc12. The molecule has 0 spiro atoms. The lowest BCUT2D eigenvalue weighted by atomic mass is 9.99. The summed E-state index contributed by atoms with van der Waals surface area (Å²) in [7, 11) is 1.63. The van der Waals surface area contributed by atoms with Crippen LogP contribution in [0.25, 0.3) is 10.9 Å². The summed E-state index contributed by atoms with van der Waals surface area (Å²) in [6, 6.07) is 18.9. The van der Waals surface area contributed by atoms with Crippen LogP contribution in [0.2, 0.25) is 0 Å². The zero-order valence-corrected chi connectivity index (χ0v) is 15.2. The number of hydrogen-bond acceptors (Lipinski definition) is 3. The molecule has 1 aliphatic heterocycles. The van der Waals surface area contributed by atoms with E-state index in [9.17, 15) is 9.59 Å². The fourth-order valence-electron chi connectivity index (χ4n) is 3.68. The number of rotatable bonds is 3. The number of nitrogens with one attached hydrogen (secondary N) is 1. The molecule has 1 atom stereocenters. The molecule has 0 aliphatic carbocycles. The molecule has 4 rings (SSSR count).